The highest BCUT2D eigenvalue weighted by Crippen LogP contribution is 2.66. The summed E-state index contributed by atoms with van der Waals surface area (Å²) in [6.45, 7) is 2.00. The number of aryl methyl sites for hydroxylation is 1. The fraction of sp³-hybridized carbons (Fsp3) is 0.200. The van der Waals surface area contributed by atoms with Crippen molar-refractivity contribution in [3.63, 3.8) is 0 Å². The topological polar surface area (TPSA) is 37.4 Å². The third-order valence-corrected chi connectivity index (χ3v) is 8.15. The minimum Gasteiger partial charge on any atom is -0.274 e. The first-order valence-electron chi connectivity index (χ1n) is 9.85. The van der Waals surface area contributed by atoms with Gasteiger partial charge in [-0.15, -0.1) is 0 Å². The number of hydrogen-bond acceptors (Lipinski definition) is 2. The molecule has 4 aliphatic rings. The van der Waals surface area contributed by atoms with Crippen LogP contribution in [0.15, 0.2) is 72.8 Å². The van der Waals surface area contributed by atoms with Crippen LogP contribution < -0.4 is 4.90 Å². The molecule has 2 atom stereocenters. The average molecular weight is 444 g/mol. The zero-order chi connectivity index (χ0) is 19.9. The third-order valence-electron chi connectivity index (χ3n) is 6.81. The molecule has 2 amide bonds. The Bertz CT molecular complexity index is 1150. The van der Waals surface area contributed by atoms with Gasteiger partial charge in [-0.3, -0.25) is 9.59 Å². The molecule has 3 aliphatic carbocycles. The van der Waals surface area contributed by atoms with E-state index >= 15 is 0 Å². The number of hydrogen-bond donors (Lipinski definition) is 0. The first-order valence-corrected chi connectivity index (χ1v) is 10.6. The molecule has 1 fully saturated rings. The van der Waals surface area contributed by atoms with Crippen LogP contribution >= 0.6 is 15.9 Å². The second kappa shape index (κ2) is 5.67. The van der Waals surface area contributed by atoms with Crippen LogP contribution in [0.3, 0.4) is 0 Å². The Morgan fingerprint density at radius 1 is 0.793 bits per heavy atom. The quantitative estimate of drug-likeness (QED) is 0.396. The van der Waals surface area contributed by atoms with Gasteiger partial charge in [-0.2, -0.15) is 0 Å². The summed E-state index contributed by atoms with van der Waals surface area (Å²) in [5.74, 6) is -1.16. The lowest BCUT2D eigenvalue weighted by atomic mass is 9.55. The van der Waals surface area contributed by atoms with Crippen molar-refractivity contribution in [2.75, 3.05) is 4.90 Å². The first-order chi connectivity index (χ1) is 14.0. The number of anilines is 1. The summed E-state index contributed by atoms with van der Waals surface area (Å²) in [5, 5.41) is 0. The van der Waals surface area contributed by atoms with Gasteiger partial charge < -0.3 is 0 Å². The molecule has 2 bridgehead atoms. The van der Waals surface area contributed by atoms with E-state index in [0.717, 1.165) is 27.8 Å². The Morgan fingerprint density at radius 2 is 1.34 bits per heavy atom. The minimum atomic E-state index is -0.689. The van der Waals surface area contributed by atoms with E-state index in [-0.39, 0.29) is 17.7 Å². The van der Waals surface area contributed by atoms with Gasteiger partial charge in [-0.05, 0) is 41.3 Å². The fourth-order valence-electron chi connectivity index (χ4n) is 5.63. The number of benzene rings is 3. The number of imide groups is 1. The average Bonchev–Trinajstić information content (AvgIpc) is 3.01. The molecule has 7 rings (SSSR count). The maximum atomic E-state index is 13.7. The van der Waals surface area contributed by atoms with Crippen molar-refractivity contribution in [2.24, 2.45) is 11.8 Å². The molecular weight excluding hydrogens is 426 g/mol. The van der Waals surface area contributed by atoms with Crippen LogP contribution in [-0.2, 0) is 13.9 Å². The van der Waals surface area contributed by atoms with Crippen LogP contribution in [0.4, 0.5) is 5.69 Å². The molecule has 1 heterocycles. The highest BCUT2D eigenvalue weighted by Gasteiger charge is 2.67. The van der Waals surface area contributed by atoms with E-state index in [0.29, 0.717) is 5.69 Å². The normalized spacial score (nSPS) is 28.9. The molecule has 3 aromatic carbocycles. The van der Waals surface area contributed by atoms with E-state index in [1.807, 2.05) is 55.5 Å². The van der Waals surface area contributed by atoms with Crippen LogP contribution in [0.1, 0.15) is 33.7 Å². The molecule has 0 N–H and O–H groups in total. The molecule has 3 aromatic rings. The molecule has 29 heavy (non-hydrogen) atoms. The van der Waals surface area contributed by atoms with Crippen LogP contribution in [0.2, 0.25) is 0 Å². The summed E-state index contributed by atoms with van der Waals surface area (Å²) in [4.78, 5) is 28.8. The lowest BCUT2D eigenvalue weighted by molar-refractivity contribution is -0.122. The number of carbonyl (C=O) groups is 2. The summed E-state index contributed by atoms with van der Waals surface area (Å²) in [6, 6.07) is 24.1. The monoisotopic (exact) mass is 443 g/mol. The number of carbonyl (C=O) groups excluding carboxylic acids is 2. The number of rotatable bonds is 1. The Hall–Kier alpha value is -2.72. The van der Waals surface area contributed by atoms with Gasteiger partial charge in [0.2, 0.25) is 11.8 Å². The highest BCUT2D eigenvalue weighted by molar-refractivity contribution is 9.09. The Kier molecular flexibility index (Phi) is 3.35. The predicted octanol–water partition coefficient (Wildman–Crippen LogP) is 4.90. The number of alkyl halides is 1. The summed E-state index contributed by atoms with van der Waals surface area (Å²) in [6.07, 6.45) is 0. The number of halogens is 1. The summed E-state index contributed by atoms with van der Waals surface area (Å²) < 4.78 is -0.689. The maximum absolute atomic E-state index is 13.7. The van der Waals surface area contributed by atoms with Crippen molar-refractivity contribution in [2.45, 2.75) is 17.2 Å². The molecular formula is C25H18BrNO2. The standard InChI is InChI=1S/C25H18BrNO2/c1-14-10-12-15(13-11-14)27-23(28)21-20-16-6-2-4-8-18(16)25(26,22(21)24(27)29)19-9-5-3-7-17(19)20/h2-13,20-22H,1H3/t20?,21-,22-,25?/m0/s1. The van der Waals surface area contributed by atoms with Crippen molar-refractivity contribution >= 4 is 33.4 Å². The summed E-state index contributed by atoms with van der Waals surface area (Å²) >= 11 is 4.02. The zero-order valence-corrected chi connectivity index (χ0v) is 17.4. The molecule has 0 saturated carbocycles. The lowest BCUT2D eigenvalue weighted by Gasteiger charge is -2.51. The molecule has 0 unspecified atom stereocenters. The Balaban J connectivity index is 1.61. The van der Waals surface area contributed by atoms with Crippen molar-refractivity contribution < 1.29 is 9.59 Å². The minimum absolute atomic E-state index is 0.0957. The fourth-order valence-corrected chi connectivity index (χ4v) is 6.83. The molecule has 0 spiro atoms. The van der Waals surface area contributed by atoms with Gasteiger partial charge in [0, 0.05) is 5.92 Å². The number of nitrogens with zero attached hydrogens (tertiary/aromatic N) is 1. The van der Waals surface area contributed by atoms with Gasteiger partial charge in [0.1, 0.15) is 0 Å². The molecule has 142 valence electrons. The van der Waals surface area contributed by atoms with E-state index in [2.05, 4.69) is 40.2 Å². The van der Waals surface area contributed by atoms with Gasteiger partial charge in [-0.25, -0.2) is 4.90 Å². The van der Waals surface area contributed by atoms with Gasteiger partial charge in [0.05, 0.1) is 21.8 Å². The second-order valence-corrected chi connectivity index (χ2v) is 9.47. The highest BCUT2D eigenvalue weighted by atomic mass is 79.9. The van der Waals surface area contributed by atoms with Crippen molar-refractivity contribution in [1.82, 2.24) is 0 Å². The third kappa shape index (κ3) is 1.98. The summed E-state index contributed by atoms with van der Waals surface area (Å²) in [5.41, 5.74) is 6.27. The molecule has 3 nitrogen and oxygen atoms in total. The van der Waals surface area contributed by atoms with Crippen LogP contribution in [0.25, 0.3) is 0 Å². The molecule has 1 aliphatic heterocycles. The zero-order valence-electron chi connectivity index (χ0n) is 15.8. The van der Waals surface area contributed by atoms with Crippen molar-refractivity contribution in [3.8, 4) is 0 Å². The van der Waals surface area contributed by atoms with E-state index < -0.39 is 16.2 Å². The Morgan fingerprint density at radius 3 is 1.93 bits per heavy atom. The van der Waals surface area contributed by atoms with E-state index in [1.54, 1.807) is 0 Å². The van der Waals surface area contributed by atoms with Gasteiger partial charge in [0.25, 0.3) is 0 Å². The smallest absolute Gasteiger partial charge is 0.239 e. The first kappa shape index (κ1) is 17.2. The second-order valence-electron chi connectivity index (χ2n) is 8.21. The van der Waals surface area contributed by atoms with Crippen LogP contribution in [0, 0.1) is 18.8 Å². The summed E-state index contributed by atoms with van der Waals surface area (Å²) in [7, 11) is 0. The van der Waals surface area contributed by atoms with Gasteiger partial charge in [0.15, 0.2) is 0 Å². The lowest BCUT2D eigenvalue weighted by Crippen LogP contribution is -2.50. The van der Waals surface area contributed by atoms with E-state index in [4.69, 9.17) is 0 Å². The Labute approximate surface area is 177 Å². The van der Waals surface area contributed by atoms with Gasteiger partial charge >= 0.3 is 0 Å². The van der Waals surface area contributed by atoms with Crippen molar-refractivity contribution in [1.29, 1.82) is 0 Å². The van der Waals surface area contributed by atoms with Crippen LogP contribution in [-0.4, -0.2) is 11.8 Å². The molecule has 4 heteroatoms. The van der Waals surface area contributed by atoms with Crippen LogP contribution in [0.5, 0.6) is 0 Å². The molecule has 0 aromatic heterocycles. The largest absolute Gasteiger partial charge is 0.274 e. The predicted molar refractivity (Wildman–Crippen MR) is 115 cm³/mol. The molecule has 0 radical (unpaired) electrons. The molecule has 1 saturated heterocycles. The SMILES string of the molecule is Cc1ccc(N2C(=O)[C@@H]3[C@@H](C2=O)C2c4ccccc4C3(Br)c3ccccc32)cc1. The van der Waals surface area contributed by atoms with E-state index in [9.17, 15) is 9.59 Å². The van der Waals surface area contributed by atoms with E-state index in [1.165, 1.54) is 4.90 Å². The number of amides is 2. The van der Waals surface area contributed by atoms with Gasteiger partial charge in [-0.1, -0.05) is 82.2 Å². The van der Waals surface area contributed by atoms with Crippen molar-refractivity contribution in [3.05, 3.63) is 101 Å². The maximum Gasteiger partial charge on any atom is 0.239 e.